The van der Waals surface area contributed by atoms with Gasteiger partial charge in [0.25, 0.3) is 0 Å². The highest BCUT2D eigenvalue weighted by Crippen LogP contribution is 2.15. The molecule has 1 heterocycles. The van der Waals surface area contributed by atoms with Crippen LogP contribution in [0.4, 0.5) is 0 Å². The molecule has 1 aliphatic rings. The summed E-state index contributed by atoms with van der Waals surface area (Å²) in [6, 6.07) is -0.532. The van der Waals surface area contributed by atoms with Gasteiger partial charge in [-0.15, -0.1) is 0 Å². The van der Waals surface area contributed by atoms with E-state index in [4.69, 9.17) is 9.47 Å². The van der Waals surface area contributed by atoms with Crippen molar-refractivity contribution < 1.29 is 14.4 Å². The highest BCUT2D eigenvalue weighted by molar-refractivity contribution is 9.09. The van der Waals surface area contributed by atoms with Crippen LogP contribution in [-0.4, -0.2) is 36.3 Å². The lowest BCUT2D eigenvalue weighted by atomic mass is 10.0. The van der Waals surface area contributed by atoms with E-state index in [1.165, 1.54) is 0 Å². The Kier molecular flexibility index (Phi) is 4.61. The molecule has 0 aliphatic carbocycles. The number of halogens is 1. The van der Waals surface area contributed by atoms with Crippen LogP contribution in [0, 0.1) is 16.0 Å². The lowest BCUT2D eigenvalue weighted by Crippen LogP contribution is -2.31. The first-order chi connectivity index (χ1) is 6.24. The first-order valence-corrected chi connectivity index (χ1v) is 5.21. The molecular formula is C7H12BrNO4. The fraction of sp³-hybridized carbons (Fsp3) is 1.00. The molecule has 5 nitrogen and oxygen atoms in total. The molecule has 0 bridgehead atoms. The number of hydrogen-bond donors (Lipinski definition) is 0. The molecule has 0 aromatic heterocycles. The topological polar surface area (TPSA) is 61.6 Å². The largest absolute Gasteiger partial charge is 0.355 e. The normalized spacial score (nSPS) is 21.3. The summed E-state index contributed by atoms with van der Waals surface area (Å²) in [5.41, 5.74) is 0. The number of rotatable bonds is 4. The minimum atomic E-state index is -0.532. The Labute approximate surface area is 84.7 Å². The van der Waals surface area contributed by atoms with Gasteiger partial charge < -0.3 is 9.47 Å². The smallest absolute Gasteiger partial charge is 0.223 e. The molecule has 1 aliphatic heterocycles. The SMILES string of the molecule is O=[N+]([O-])C(CBr)CC1COCOC1. The van der Waals surface area contributed by atoms with Crippen LogP contribution in [0.5, 0.6) is 0 Å². The molecule has 1 unspecified atom stereocenters. The molecule has 1 fully saturated rings. The van der Waals surface area contributed by atoms with Crippen molar-refractivity contribution in [2.45, 2.75) is 12.5 Å². The van der Waals surface area contributed by atoms with Gasteiger partial charge in [-0.25, -0.2) is 0 Å². The molecule has 0 N–H and O–H groups in total. The van der Waals surface area contributed by atoms with E-state index >= 15 is 0 Å². The van der Waals surface area contributed by atoms with E-state index in [1.54, 1.807) is 0 Å². The average molecular weight is 254 g/mol. The summed E-state index contributed by atoms with van der Waals surface area (Å²) in [5.74, 6) is 0.154. The van der Waals surface area contributed by atoms with Crippen molar-refractivity contribution >= 4 is 15.9 Å². The maximum atomic E-state index is 10.5. The Balaban J connectivity index is 2.31. The van der Waals surface area contributed by atoms with Crippen molar-refractivity contribution in [3.05, 3.63) is 10.1 Å². The molecule has 0 aromatic rings. The van der Waals surface area contributed by atoms with Crippen LogP contribution < -0.4 is 0 Å². The van der Waals surface area contributed by atoms with Crippen LogP contribution in [0.3, 0.4) is 0 Å². The maximum absolute atomic E-state index is 10.5. The minimum absolute atomic E-state index is 0.154. The standard InChI is InChI=1S/C7H12BrNO4/c8-2-7(9(10)11)1-6-3-12-5-13-4-6/h6-7H,1-5H2. The highest BCUT2D eigenvalue weighted by Gasteiger charge is 2.25. The van der Waals surface area contributed by atoms with E-state index < -0.39 is 6.04 Å². The molecule has 0 amide bonds. The van der Waals surface area contributed by atoms with Gasteiger partial charge in [-0.2, -0.15) is 0 Å². The summed E-state index contributed by atoms with van der Waals surface area (Å²) in [4.78, 5) is 10.2. The van der Waals surface area contributed by atoms with Gasteiger partial charge in [0.15, 0.2) is 0 Å². The number of nitro groups is 1. The van der Waals surface area contributed by atoms with E-state index in [0.29, 0.717) is 31.8 Å². The Bertz CT molecular complexity index is 172. The molecule has 0 radical (unpaired) electrons. The van der Waals surface area contributed by atoms with Crippen molar-refractivity contribution in [3.8, 4) is 0 Å². The number of nitrogens with zero attached hydrogens (tertiary/aromatic N) is 1. The van der Waals surface area contributed by atoms with Gasteiger partial charge >= 0.3 is 0 Å². The average Bonchev–Trinajstić information content (AvgIpc) is 2.15. The Morgan fingerprint density at radius 2 is 2.15 bits per heavy atom. The predicted octanol–water partition coefficient (Wildman–Crippen LogP) is 1.04. The van der Waals surface area contributed by atoms with Gasteiger partial charge in [-0.1, -0.05) is 15.9 Å². The quantitative estimate of drug-likeness (QED) is 0.427. The summed E-state index contributed by atoms with van der Waals surface area (Å²) in [6.07, 6.45) is 0.512. The first kappa shape index (κ1) is 10.9. The zero-order valence-corrected chi connectivity index (χ0v) is 8.73. The Hall–Kier alpha value is -0.200. The number of alkyl halides is 1. The van der Waals surface area contributed by atoms with Crippen LogP contribution in [0.1, 0.15) is 6.42 Å². The molecule has 6 heteroatoms. The van der Waals surface area contributed by atoms with Gasteiger partial charge in [0.05, 0.1) is 18.5 Å². The van der Waals surface area contributed by atoms with Crippen molar-refractivity contribution in [1.29, 1.82) is 0 Å². The van der Waals surface area contributed by atoms with Crippen molar-refractivity contribution in [3.63, 3.8) is 0 Å². The lowest BCUT2D eigenvalue weighted by molar-refractivity contribution is -0.519. The summed E-state index contributed by atoms with van der Waals surface area (Å²) in [7, 11) is 0. The van der Waals surface area contributed by atoms with Crippen LogP contribution in [-0.2, 0) is 9.47 Å². The molecule has 0 aromatic carbocycles. The second-order valence-electron chi connectivity index (χ2n) is 3.05. The third kappa shape index (κ3) is 3.58. The van der Waals surface area contributed by atoms with E-state index in [1.807, 2.05) is 0 Å². The van der Waals surface area contributed by atoms with E-state index in [0.717, 1.165) is 0 Å². The molecule has 76 valence electrons. The molecule has 1 saturated heterocycles. The second kappa shape index (κ2) is 5.51. The fourth-order valence-electron chi connectivity index (χ4n) is 1.26. The van der Waals surface area contributed by atoms with Gasteiger partial charge in [-0.3, -0.25) is 10.1 Å². The fourth-order valence-corrected chi connectivity index (χ4v) is 1.76. The molecule has 1 atom stereocenters. The Morgan fingerprint density at radius 1 is 1.54 bits per heavy atom. The summed E-state index contributed by atoms with van der Waals surface area (Å²) >= 11 is 3.12. The Morgan fingerprint density at radius 3 is 2.62 bits per heavy atom. The maximum Gasteiger partial charge on any atom is 0.223 e. The van der Waals surface area contributed by atoms with E-state index in [9.17, 15) is 10.1 Å². The predicted molar refractivity (Wildman–Crippen MR) is 49.5 cm³/mol. The van der Waals surface area contributed by atoms with Gasteiger partial charge in [-0.05, 0) is 0 Å². The van der Waals surface area contributed by atoms with Crippen molar-refractivity contribution in [2.24, 2.45) is 5.92 Å². The summed E-state index contributed by atoms with van der Waals surface area (Å²) in [6.45, 7) is 1.45. The summed E-state index contributed by atoms with van der Waals surface area (Å²) in [5, 5.41) is 10.9. The van der Waals surface area contributed by atoms with Gasteiger partial charge in [0, 0.05) is 17.3 Å². The minimum Gasteiger partial charge on any atom is -0.355 e. The molecule has 13 heavy (non-hydrogen) atoms. The van der Waals surface area contributed by atoms with Crippen LogP contribution >= 0.6 is 15.9 Å². The van der Waals surface area contributed by atoms with Gasteiger partial charge in [0.1, 0.15) is 6.79 Å². The lowest BCUT2D eigenvalue weighted by Gasteiger charge is -2.22. The van der Waals surface area contributed by atoms with E-state index in [-0.39, 0.29) is 10.8 Å². The highest BCUT2D eigenvalue weighted by atomic mass is 79.9. The molecular weight excluding hydrogens is 242 g/mol. The third-order valence-electron chi connectivity index (χ3n) is 1.96. The summed E-state index contributed by atoms with van der Waals surface area (Å²) < 4.78 is 10.1. The monoisotopic (exact) mass is 253 g/mol. The zero-order valence-electron chi connectivity index (χ0n) is 7.15. The van der Waals surface area contributed by atoms with Gasteiger partial charge in [0.2, 0.25) is 6.04 Å². The van der Waals surface area contributed by atoms with Crippen molar-refractivity contribution in [1.82, 2.24) is 0 Å². The van der Waals surface area contributed by atoms with Crippen molar-refractivity contribution in [2.75, 3.05) is 25.3 Å². The second-order valence-corrected chi connectivity index (χ2v) is 3.70. The van der Waals surface area contributed by atoms with Crippen LogP contribution in [0.2, 0.25) is 0 Å². The molecule has 0 saturated carbocycles. The zero-order chi connectivity index (χ0) is 9.68. The molecule has 1 rings (SSSR count). The van der Waals surface area contributed by atoms with Crippen LogP contribution in [0.25, 0.3) is 0 Å². The van der Waals surface area contributed by atoms with Crippen LogP contribution in [0.15, 0.2) is 0 Å². The third-order valence-corrected chi connectivity index (χ3v) is 2.70. The number of hydrogen-bond acceptors (Lipinski definition) is 4. The number of ether oxygens (including phenoxy) is 2. The molecule has 0 spiro atoms. The first-order valence-electron chi connectivity index (χ1n) is 4.09. The van der Waals surface area contributed by atoms with E-state index in [2.05, 4.69) is 15.9 Å².